The SMILES string of the molecule is CC/C=C\C/C=C\C/C=C\C/C=C\CCCCCCCCCCCCC(=O)OC(COC(=O)CCCCCCCCCCCCCCCCC/C=C\CCCCCCCCCC)COC(OCC[N+](C)(C)C)C(=O)[O-]. The summed E-state index contributed by atoms with van der Waals surface area (Å²) < 4.78 is 22.8. The zero-order chi connectivity index (χ0) is 54.8. The fraction of sp³-hybridized carbons (Fsp3) is 0.803. The molecule has 0 amide bonds. The van der Waals surface area contributed by atoms with Gasteiger partial charge in [0.25, 0.3) is 0 Å². The van der Waals surface area contributed by atoms with Crippen LogP contribution in [0, 0.1) is 0 Å². The number of nitrogens with zero attached hydrogens (tertiary/aromatic N) is 1. The predicted octanol–water partition coefficient (Wildman–Crippen LogP) is 17.5. The molecule has 0 aromatic carbocycles. The maximum Gasteiger partial charge on any atom is 0.306 e. The van der Waals surface area contributed by atoms with Crippen LogP contribution in [0.4, 0.5) is 0 Å². The van der Waals surface area contributed by atoms with Crippen molar-refractivity contribution in [2.45, 2.75) is 296 Å². The summed E-state index contributed by atoms with van der Waals surface area (Å²) in [6.45, 7) is 4.66. The molecule has 436 valence electrons. The largest absolute Gasteiger partial charge is 0.545 e. The number of hydrogen-bond donors (Lipinski definition) is 0. The van der Waals surface area contributed by atoms with Gasteiger partial charge in [0.2, 0.25) is 0 Å². The lowest BCUT2D eigenvalue weighted by Crippen LogP contribution is -2.44. The van der Waals surface area contributed by atoms with Gasteiger partial charge in [0, 0.05) is 12.8 Å². The highest BCUT2D eigenvalue weighted by Crippen LogP contribution is 2.17. The number of likely N-dealkylation sites (N-methyl/N-ethyl adjacent to an activating group) is 1. The van der Waals surface area contributed by atoms with Crippen molar-refractivity contribution in [3.8, 4) is 0 Å². The van der Waals surface area contributed by atoms with E-state index in [0.717, 1.165) is 70.6 Å². The molecule has 2 unspecified atom stereocenters. The van der Waals surface area contributed by atoms with Gasteiger partial charge in [-0.05, 0) is 77.0 Å². The summed E-state index contributed by atoms with van der Waals surface area (Å²) >= 11 is 0. The summed E-state index contributed by atoms with van der Waals surface area (Å²) in [6.07, 6.45) is 69.9. The van der Waals surface area contributed by atoms with Crippen LogP contribution >= 0.6 is 0 Å². The topological polar surface area (TPSA) is 111 Å². The standard InChI is InChI=1S/C66H119NO8/c1-6-8-10-12-14-16-18-20-22-24-26-28-30-31-32-33-35-36-38-40-42-44-46-48-50-52-54-56-63(68)73-60-62(61-74-66(65(70)71)72-59-58-67(3,4)5)75-64(69)57-55-53-51-49-47-45-43-41-39-37-34-29-27-25-23-21-19-17-15-13-11-9-7-2/h9,11,15,17,21,23-24,26-27,29,62,66H,6-8,10,12-14,16,18-20,22,25,28,30-61H2,1-5H3/b11-9-,17-15-,23-21-,26-24-,29-27-. The highest BCUT2D eigenvalue weighted by Gasteiger charge is 2.22. The minimum Gasteiger partial charge on any atom is -0.545 e. The van der Waals surface area contributed by atoms with E-state index in [9.17, 15) is 19.5 Å². The van der Waals surface area contributed by atoms with Gasteiger partial charge in [0.05, 0.1) is 40.3 Å². The quantitative estimate of drug-likeness (QED) is 0.0195. The molecule has 2 atom stereocenters. The van der Waals surface area contributed by atoms with Gasteiger partial charge in [-0.25, -0.2) is 0 Å². The van der Waals surface area contributed by atoms with Crippen LogP contribution in [0.15, 0.2) is 60.8 Å². The molecule has 9 nitrogen and oxygen atoms in total. The van der Waals surface area contributed by atoms with Crippen molar-refractivity contribution >= 4 is 17.9 Å². The second-order valence-corrected chi connectivity index (χ2v) is 22.3. The Balaban J connectivity index is 4.17. The summed E-state index contributed by atoms with van der Waals surface area (Å²) in [6, 6.07) is 0. The fourth-order valence-electron chi connectivity index (χ4n) is 8.94. The van der Waals surface area contributed by atoms with Crippen molar-refractivity contribution < 1.29 is 42.9 Å². The third-order valence-electron chi connectivity index (χ3n) is 13.7. The van der Waals surface area contributed by atoms with E-state index in [2.05, 4.69) is 74.6 Å². The van der Waals surface area contributed by atoms with Crippen molar-refractivity contribution in [1.82, 2.24) is 0 Å². The maximum atomic E-state index is 12.9. The van der Waals surface area contributed by atoms with Gasteiger partial charge in [-0.15, -0.1) is 0 Å². The molecule has 0 N–H and O–H groups in total. The summed E-state index contributed by atoms with van der Waals surface area (Å²) in [7, 11) is 5.93. The van der Waals surface area contributed by atoms with E-state index in [4.69, 9.17) is 18.9 Å². The van der Waals surface area contributed by atoms with Crippen molar-refractivity contribution in [2.24, 2.45) is 0 Å². The number of rotatable bonds is 58. The van der Waals surface area contributed by atoms with Crippen molar-refractivity contribution in [2.75, 3.05) is 47.5 Å². The van der Waals surface area contributed by atoms with Crippen molar-refractivity contribution in [1.29, 1.82) is 0 Å². The van der Waals surface area contributed by atoms with Crippen molar-refractivity contribution in [3.05, 3.63) is 60.8 Å². The van der Waals surface area contributed by atoms with Crippen molar-refractivity contribution in [3.63, 3.8) is 0 Å². The number of ether oxygens (including phenoxy) is 4. The van der Waals surface area contributed by atoms with Crippen LogP contribution in [0.1, 0.15) is 284 Å². The zero-order valence-electron chi connectivity index (χ0n) is 49.7. The predicted molar refractivity (Wildman–Crippen MR) is 315 cm³/mol. The first-order chi connectivity index (χ1) is 36.6. The smallest absolute Gasteiger partial charge is 0.306 e. The molecule has 75 heavy (non-hydrogen) atoms. The number of carboxylic acid groups (broad SMARTS) is 1. The molecule has 0 aromatic rings. The minimum absolute atomic E-state index is 0.146. The Morgan fingerprint density at radius 1 is 0.413 bits per heavy atom. The summed E-state index contributed by atoms with van der Waals surface area (Å²) in [4.78, 5) is 37.4. The lowest BCUT2D eigenvalue weighted by atomic mass is 10.0. The third kappa shape index (κ3) is 58.5. The molecule has 0 aromatic heterocycles. The molecule has 0 rings (SSSR count). The van der Waals surface area contributed by atoms with Gasteiger partial charge in [-0.3, -0.25) is 9.59 Å². The number of esters is 2. The van der Waals surface area contributed by atoms with E-state index in [1.54, 1.807) is 0 Å². The Hall–Kier alpha value is -3.01. The van der Waals surface area contributed by atoms with Crippen LogP contribution in [0.3, 0.4) is 0 Å². The number of carbonyl (C=O) groups excluding carboxylic acids is 3. The van der Waals surface area contributed by atoms with Crippen LogP contribution in [0.25, 0.3) is 0 Å². The van der Waals surface area contributed by atoms with E-state index < -0.39 is 24.3 Å². The molecule has 0 bridgehead atoms. The van der Waals surface area contributed by atoms with E-state index >= 15 is 0 Å². The molecule has 0 radical (unpaired) electrons. The molecule has 0 aliphatic rings. The maximum absolute atomic E-state index is 12.9. The van der Waals surface area contributed by atoms with Gasteiger partial charge in [-0.1, -0.05) is 254 Å². The van der Waals surface area contributed by atoms with Gasteiger partial charge in [-0.2, -0.15) is 0 Å². The summed E-state index contributed by atoms with van der Waals surface area (Å²) in [5.41, 5.74) is 0. The molecule has 0 spiro atoms. The molecule has 0 saturated heterocycles. The first-order valence-electron chi connectivity index (χ1n) is 31.4. The van der Waals surface area contributed by atoms with E-state index in [-0.39, 0.29) is 32.2 Å². The van der Waals surface area contributed by atoms with Crippen LogP contribution in [0.2, 0.25) is 0 Å². The van der Waals surface area contributed by atoms with Crippen LogP contribution in [0.5, 0.6) is 0 Å². The highest BCUT2D eigenvalue weighted by molar-refractivity contribution is 5.70. The van der Waals surface area contributed by atoms with Gasteiger partial charge >= 0.3 is 11.9 Å². The highest BCUT2D eigenvalue weighted by atomic mass is 16.7. The van der Waals surface area contributed by atoms with Gasteiger partial charge in [0.1, 0.15) is 13.2 Å². The molecular weight excluding hydrogens is 935 g/mol. The molecule has 0 aliphatic heterocycles. The zero-order valence-corrected chi connectivity index (χ0v) is 49.7. The second-order valence-electron chi connectivity index (χ2n) is 22.3. The number of allylic oxidation sites excluding steroid dienone is 10. The third-order valence-corrected chi connectivity index (χ3v) is 13.7. The molecule has 9 heteroatoms. The van der Waals surface area contributed by atoms with Gasteiger partial charge in [0.15, 0.2) is 12.4 Å². The Morgan fingerprint density at radius 2 is 0.760 bits per heavy atom. The Morgan fingerprint density at radius 3 is 1.15 bits per heavy atom. The van der Waals surface area contributed by atoms with E-state index in [1.165, 1.54) is 180 Å². The molecule has 0 saturated carbocycles. The summed E-state index contributed by atoms with van der Waals surface area (Å²) in [5.74, 6) is -2.28. The van der Waals surface area contributed by atoms with Gasteiger partial charge < -0.3 is 33.3 Å². The number of aliphatic carboxylic acids is 1. The number of carboxylic acids is 1. The first-order valence-corrected chi connectivity index (χ1v) is 31.4. The molecule has 0 heterocycles. The Bertz CT molecular complexity index is 1410. The van der Waals surface area contributed by atoms with Crippen LogP contribution in [-0.4, -0.2) is 82.3 Å². The lowest BCUT2D eigenvalue weighted by Gasteiger charge is -2.26. The Labute approximate surface area is 463 Å². The van der Waals surface area contributed by atoms with Crippen LogP contribution < -0.4 is 5.11 Å². The van der Waals surface area contributed by atoms with Crippen LogP contribution in [-0.2, 0) is 33.3 Å². The first kappa shape index (κ1) is 72.0. The summed E-state index contributed by atoms with van der Waals surface area (Å²) in [5, 5.41) is 11.8. The number of hydrogen-bond acceptors (Lipinski definition) is 8. The lowest BCUT2D eigenvalue weighted by molar-refractivity contribution is -0.870. The second kappa shape index (κ2) is 57.2. The average molecular weight is 1050 g/mol. The van der Waals surface area contributed by atoms with E-state index in [0.29, 0.717) is 23.9 Å². The normalized spacial score (nSPS) is 13.1. The fourth-order valence-corrected chi connectivity index (χ4v) is 8.94. The monoisotopic (exact) mass is 1050 g/mol. The number of carbonyl (C=O) groups is 3. The molecule has 0 aliphatic carbocycles. The molecule has 0 fully saturated rings. The minimum atomic E-state index is -1.62. The average Bonchev–Trinajstić information content (AvgIpc) is 3.38. The number of unbranched alkanes of at least 4 members (excludes halogenated alkanes) is 33. The Kier molecular flexibility index (Phi) is 54.9. The molecular formula is C66H119NO8. The van der Waals surface area contributed by atoms with E-state index in [1.807, 2.05) is 21.1 Å². The number of quaternary nitrogens is 1.